The van der Waals surface area contributed by atoms with Gasteiger partial charge in [-0.1, -0.05) is 30.3 Å². The number of amides is 1. The number of aromatic hydroxyl groups is 1. The van der Waals surface area contributed by atoms with E-state index in [4.69, 9.17) is 0 Å². The summed E-state index contributed by atoms with van der Waals surface area (Å²) in [5, 5.41) is 24.0. The van der Waals surface area contributed by atoms with Crippen LogP contribution in [-0.4, -0.2) is 27.9 Å². The van der Waals surface area contributed by atoms with Crippen LogP contribution in [0.5, 0.6) is 5.75 Å². The van der Waals surface area contributed by atoms with Crippen molar-refractivity contribution in [3.8, 4) is 5.75 Å². The summed E-state index contributed by atoms with van der Waals surface area (Å²) in [6.07, 6.45) is 1.17. The molecule has 2 rings (SSSR count). The normalized spacial score (nSPS) is 10.7. The molecular formula is C16H15N3O4S. The Morgan fingerprint density at radius 3 is 2.75 bits per heavy atom. The van der Waals surface area contributed by atoms with Gasteiger partial charge in [0.05, 0.1) is 16.9 Å². The van der Waals surface area contributed by atoms with Crippen LogP contribution in [0.1, 0.15) is 11.1 Å². The van der Waals surface area contributed by atoms with Gasteiger partial charge in [0.2, 0.25) is 5.91 Å². The van der Waals surface area contributed by atoms with Gasteiger partial charge in [0.25, 0.3) is 5.69 Å². The van der Waals surface area contributed by atoms with E-state index in [1.807, 2.05) is 30.3 Å². The van der Waals surface area contributed by atoms with Gasteiger partial charge < -0.3 is 5.11 Å². The molecule has 0 aliphatic heterocycles. The summed E-state index contributed by atoms with van der Waals surface area (Å²) in [4.78, 5) is 21.8. The fourth-order valence-corrected chi connectivity index (χ4v) is 2.58. The third-order valence-corrected chi connectivity index (χ3v) is 3.96. The number of non-ortho nitro benzene ring substituents is 1. The Balaban J connectivity index is 1.82. The number of hydrogen-bond acceptors (Lipinski definition) is 6. The summed E-state index contributed by atoms with van der Waals surface area (Å²) in [5.74, 6) is 0.491. The van der Waals surface area contributed by atoms with Crippen LogP contribution in [-0.2, 0) is 10.5 Å². The molecule has 7 nitrogen and oxygen atoms in total. The number of thioether (sulfide) groups is 1. The van der Waals surface area contributed by atoms with Crippen LogP contribution in [0.3, 0.4) is 0 Å². The maximum atomic E-state index is 11.7. The van der Waals surface area contributed by atoms with E-state index < -0.39 is 4.92 Å². The number of hydrazone groups is 1. The van der Waals surface area contributed by atoms with E-state index in [-0.39, 0.29) is 28.7 Å². The number of benzene rings is 2. The zero-order valence-corrected chi connectivity index (χ0v) is 13.4. The Bertz CT molecular complexity index is 750. The highest BCUT2D eigenvalue weighted by Gasteiger charge is 2.08. The summed E-state index contributed by atoms with van der Waals surface area (Å²) in [6.45, 7) is 0. The molecule has 8 heteroatoms. The molecule has 2 aromatic rings. The van der Waals surface area contributed by atoms with E-state index in [0.29, 0.717) is 5.75 Å². The van der Waals surface area contributed by atoms with Gasteiger partial charge in [0, 0.05) is 23.4 Å². The molecule has 124 valence electrons. The minimum Gasteiger partial charge on any atom is -0.507 e. The van der Waals surface area contributed by atoms with Crippen molar-refractivity contribution in [2.24, 2.45) is 5.10 Å². The third kappa shape index (κ3) is 5.40. The average molecular weight is 345 g/mol. The lowest BCUT2D eigenvalue weighted by molar-refractivity contribution is -0.384. The molecule has 0 saturated carbocycles. The minimum absolute atomic E-state index is 0.154. The minimum atomic E-state index is -0.574. The number of hydrogen-bond donors (Lipinski definition) is 2. The van der Waals surface area contributed by atoms with Gasteiger partial charge in [-0.3, -0.25) is 14.9 Å². The van der Waals surface area contributed by atoms with Crippen LogP contribution in [0, 0.1) is 10.1 Å². The van der Waals surface area contributed by atoms with Crippen molar-refractivity contribution in [1.82, 2.24) is 5.43 Å². The number of nitrogens with zero attached hydrogens (tertiary/aromatic N) is 2. The van der Waals surface area contributed by atoms with E-state index >= 15 is 0 Å². The fraction of sp³-hybridized carbons (Fsp3) is 0.125. The number of phenolic OH excluding ortho intramolecular Hbond substituents is 1. The molecule has 0 heterocycles. The number of nitrogens with one attached hydrogen (secondary N) is 1. The molecule has 1 amide bonds. The van der Waals surface area contributed by atoms with Crippen LogP contribution in [0.2, 0.25) is 0 Å². The van der Waals surface area contributed by atoms with Crippen LogP contribution in [0.4, 0.5) is 5.69 Å². The quantitative estimate of drug-likeness (QED) is 0.456. The Labute approximate surface area is 142 Å². The summed E-state index contributed by atoms with van der Waals surface area (Å²) in [5.41, 5.74) is 3.43. The average Bonchev–Trinajstić information content (AvgIpc) is 2.57. The molecule has 0 aliphatic rings. The van der Waals surface area contributed by atoms with Crippen molar-refractivity contribution in [1.29, 1.82) is 0 Å². The maximum absolute atomic E-state index is 11.7. The van der Waals surface area contributed by atoms with Crippen LogP contribution < -0.4 is 5.43 Å². The molecule has 0 spiro atoms. The zero-order chi connectivity index (χ0) is 17.4. The topological polar surface area (TPSA) is 105 Å². The van der Waals surface area contributed by atoms with E-state index in [0.717, 1.165) is 5.56 Å². The van der Waals surface area contributed by atoms with Gasteiger partial charge in [-0.2, -0.15) is 5.10 Å². The summed E-state index contributed by atoms with van der Waals surface area (Å²) < 4.78 is 0. The van der Waals surface area contributed by atoms with E-state index in [9.17, 15) is 20.0 Å². The van der Waals surface area contributed by atoms with Crippen molar-refractivity contribution in [2.45, 2.75) is 5.75 Å². The number of nitro groups is 1. The largest absolute Gasteiger partial charge is 0.507 e. The zero-order valence-electron chi connectivity index (χ0n) is 12.6. The molecule has 0 aromatic heterocycles. The van der Waals surface area contributed by atoms with Gasteiger partial charge in [-0.15, -0.1) is 11.8 Å². The molecule has 0 aliphatic carbocycles. The van der Waals surface area contributed by atoms with Crippen LogP contribution >= 0.6 is 11.8 Å². The smallest absolute Gasteiger partial charge is 0.270 e. The number of carbonyl (C=O) groups is 1. The highest BCUT2D eigenvalue weighted by molar-refractivity contribution is 7.99. The Morgan fingerprint density at radius 2 is 2.04 bits per heavy atom. The lowest BCUT2D eigenvalue weighted by atomic mass is 10.2. The van der Waals surface area contributed by atoms with Gasteiger partial charge >= 0.3 is 0 Å². The Kier molecular flexibility index (Phi) is 6.32. The van der Waals surface area contributed by atoms with Gasteiger partial charge in [-0.05, 0) is 11.6 Å². The van der Waals surface area contributed by atoms with Gasteiger partial charge in [0.15, 0.2) is 0 Å². The second-order valence-corrected chi connectivity index (χ2v) is 5.76. The summed E-state index contributed by atoms with van der Waals surface area (Å²) >= 11 is 1.45. The number of carbonyl (C=O) groups excluding carboxylic acids is 1. The molecule has 0 unspecified atom stereocenters. The van der Waals surface area contributed by atoms with E-state index in [1.54, 1.807) is 0 Å². The first-order valence-electron chi connectivity index (χ1n) is 6.97. The lowest BCUT2D eigenvalue weighted by Crippen LogP contribution is -2.19. The first-order valence-corrected chi connectivity index (χ1v) is 8.12. The maximum Gasteiger partial charge on any atom is 0.270 e. The molecule has 0 saturated heterocycles. The number of rotatable bonds is 7. The van der Waals surface area contributed by atoms with Crippen molar-refractivity contribution in [3.63, 3.8) is 0 Å². The molecule has 0 fully saturated rings. The van der Waals surface area contributed by atoms with Crippen molar-refractivity contribution in [3.05, 3.63) is 69.8 Å². The number of nitro benzene ring substituents is 1. The summed E-state index contributed by atoms with van der Waals surface area (Å²) in [6, 6.07) is 13.3. The third-order valence-electron chi connectivity index (χ3n) is 2.96. The molecular weight excluding hydrogens is 330 g/mol. The fourth-order valence-electron chi connectivity index (χ4n) is 1.80. The van der Waals surface area contributed by atoms with Crippen LogP contribution in [0.15, 0.2) is 53.6 Å². The second-order valence-electron chi connectivity index (χ2n) is 4.77. The lowest BCUT2D eigenvalue weighted by Gasteiger charge is -2.02. The first kappa shape index (κ1) is 17.5. The van der Waals surface area contributed by atoms with E-state index in [2.05, 4.69) is 10.5 Å². The van der Waals surface area contributed by atoms with Crippen LogP contribution in [0.25, 0.3) is 0 Å². The SMILES string of the molecule is O=C(CSCc1ccccc1)N/N=C\c1cc([N+](=O)[O-])ccc1O. The van der Waals surface area contributed by atoms with E-state index in [1.165, 1.54) is 36.2 Å². The van der Waals surface area contributed by atoms with Crippen molar-refractivity contribution in [2.75, 3.05) is 5.75 Å². The molecule has 0 atom stereocenters. The van der Waals surface area contributed by atoms with Crippen molar-refractivity contribution >= 4 is 29.6 Å². The predicted molar refractivity (Wildman–Crippen MR) is 93.1 cm³/mol. The first-order chi connectivity index (χ1) is 11.6. The molecule has 24 heavy (non-hydrogen) atoms. The number of phenols is 1. The Morgan fingerprint density at radius 1 is 1.29 bits per heavy atom. The standard InChI is InChI=1S/C16H15N3O4S/c20-15-7-6-14(19(22)23)8-13(15)9-17-18-16(21)11-24-10-12-4-2-1-3-5-12/h1-9,20H,10-11H2,(H,18,21)/b17-9-. The Hall–Kier alpha value is -2.87. The van der Waals surface area contributed by atoms with Gasteiger partial charge in [-0.25, -0.2) is 5.43 Å². The molecule has 2 N–H and O–H groups in total. The van der Waals surface area contributed by atoms with Gasteiger partial charge in [0.1, 0.15) is 5.75 Å². The van der Waals surface area contributed by atoms with Crippen molar-refractivity contribution < 1.29 is 14.8 Å². The molecule has 2 aromatic carbocycles. The predicted octanol–water partition coefficient (Wildman–Crippen LogP) is 2.68. The monoisotopic (exact) mass is 345 g/mol. The molecule has 0 radical (unpaired) electrons. The highest BCUT2D eigenvalue weighted by atomic mass is 32.2. The summed E-state index contributed by atoms with van der Waals surface area (Å²) in [7, 11) is 0. The molecule has 0 bridgehead atoms. The second kappa shape index (κ2) is 8.68. The highest BCUT2D eigenvalue weighted by Crippen LogP contribution is 2.21.